The highest BCUT2D eigenvalue weighted by atomic mass is 32.2. The number of benzene rings is 1. The average Bonchev–Trinajstić information content (AvgIpc) is 3.32. The summed E-state index contributed by atoms with van der Waals surface area (Å²) >= 11 is 3.29. The third-order valence-electron chi connectivity index (χ3n) is 3.94. The zero-order valence-electron chi connectivity index (χ0n) is 14.4. The molecule has 132 valence electrons. The van der Waals surface area contributed by atoms with Crippen LogP contribution in [0.4, 0.5) is 0 Å². The van der Waals surface area contributed by atoms with Gasteiger partial charge in [-0.25, -0.2) is 9.97 Å². The van der Waals surface area contributed by atoms with Gasteiger partial charge in [-0.15, -0.1) is 11.3 Å². The minimum absolute atomic E-state index is 0.761. The molecule has 7 heteroatoms. The molecule has 0 atom stereocenters. The van der Waals surface area contributed by atoms with E-state index in [2.05, 4.69) is 14.8 Å². The maximum Gasteiger partial charge on any atom is 0.172 e. The normalized spacial score (nSPS) is 11.0. The second-order valence-electron chi connectivity index (χ2n) is 5.54. The molecule has 4 aromatic rings. The van der Waals surface area contributed by atoms with Gasteiger partial charge in [0, 0.05) is 23.4 Å². The van der Waals surface area contributed by atoms with E-state index in [4.69, 9.17) is 14.5 Å². The number of thiazole rings is 1. The summed E-state index contributed by atoms with van der Waals surface area (Å²) in [5.74, 6) is 2.30. The quantitative estimate of drug-likeness (QED) is 0.449. The minimum Gasteiger partial charge on any atom is -0.497 e. The number of fused-ring (bicyclic) bond motifs is 1. The zero-order chi connectivity index (χ0) is 17.9. The fourth-order valence-corrected chi connectivity index (χ4v) is 4.45. The van der Waals surface area contributed by atoms with Crippen LogP contribution in [0, 0.1) is 0 Å². The van der Waals surface area contributed by atoms with Crippen molar-refractivity contribution in [1.29, 1.82) is 0 Å². The van der Waals surface area contributed by atoms with E-state index in [0.29, 0.717) is 0 Å². The third kappa shape index (κ3) is 3.27. The standard InChI is InChI=1S/C19H17N3O2S2/c1-23-15-6-7-16(17(9-15)24-2)18-21-13(11-25-18)12-26-19-20-10-14-5-3-4-8-22(14)19/h3-11H,12H2,1-2H3. The molecule has 0 aliphatic carbocycles. The van der Waals surface area contributed by atoms with Crippen LogP contribution >= 0.6 is 23.1 Å². The molecule has 0 spiro atoms. The van der Waals surface area contributed by atoms with E-state index in [9.17, 15) is 0 Å². The molecule has 0 aliphatic rings. The first-order chi connectivity index (χ1) is 12.8. The number of aromatic nitrogens is 3. The maximum absolute atomic E-state index is 5.49. The molecule has 0 saturated heterocycles. The summed E-state index contributed by atoms with van der Waals surface area (Å²) in [7, 11) is 3.30. The molecule has 0 unspecified atom stereocenters. The lowest BCUT2D eigenvalue weighted by atomic mass is 10.2. The molecule has 0 N–H and O–H groups in total. The van der Waals surface area contributed by atoms with Crippen molar-refractivity contribution in [3.63, 3.8) is 0 Å². The Labute approximate surface area is 159 Å². The second kappa shape index (κ2) is 7.39. The number of pyridine rings is 1. The van der Waals surface area contributed by atoms with E-state index in [0.717, 1.165) is 44.2 Å². The number of thioether (sulfide) groups is 1. The Bertz CT molecular complexity index is 1040. The molecule has 3 heterocycles. The number of hydrogen-bond acceptors (Lipinski definition) is 6. The van der Waals surface area contributed by atoms with Gasteiger partial charge in [0.1, 0.15) is 16.5 Å². The Morgan fingerprint density at radius 1 is 1.15 bits per heavy atom. The van der Waals surface area contributed by atoms with E-state index in [1.165, 1.54) is 0 Å². The van der Waals surface area contributed by atoms with Gasteiger partial charge in [-0.2, -0.15) is 0 Å². The summed E-state index contributed by atoms with van der Waals surface area (Å²) in [6.45, 7) is 0. The summed E-state index contributed by atoms with van der Waals surface area (Å²) in [6, 6.07) is 11.9. The monoisotopic (exact) mass is 383 g/mol. The van der Waals surface area contributed by atoms with Crippen molar-refractivity contribution in [3.05, 3.63) is 59.9 Å². The lowest BCUT2D eigenvalue weighted by Gasteiger charge is -2.08. The highest BCUT2D eigenvalue weighted by Gasteiger charge is 2.12. The van der Waals surface area contributed by atoms with Crippen molar-refractivity contribution in [2.45, 2.75) is 10.9 Å². The molecule has 0 saturated carbocycles. The summed E-state index contributed by atoms with van der Waals surface area (Å²) in [4.78, 5) is 9.25. The van der Waals surface area contributed by atoms with Gasteiger partial charge < -0.3 is 9.47 Å². The maximum atomic E-state index is 5.49. The van der Waals surface area contributed by atoms with Crippen LogP contribution in [-0.2, 0) is 5.75 Å². The average molecular weight is 383 g/mol. The molecule has 0 amide bonds. The van der Waals surface area contributed by atoms with Gasteiger partial charge in [0.05, 0.1) is 37.2 Å². The smallest absolute Gasteiger partial charge is 0.172 e. The van der Waals surface area contributed by atoms with Crippen LogP contribution in [0.1, 0.15) is 5.69 Å². The predicted octanol–water partition coefficient (Wildman–Crippen LogP) is 4.77. The first-order valence-electron chi connectivity index (χ1n) is 8.00. The van der Waals surface area contributed by atoms with Gasteiger partial charge in [-0.3, -0.25) is 4.40 Å². The molecule has 1 aromatic carbocycles. The van der Waals surface area contributed by atoms with Crippen LogP contribution < -0.4 is 9.47 Å². The number of methoxy groups -OCH3 is 2. The Balaban J connectivity index is 1.53. The van der Waals surface area contributed by atoms with E-state index < -0.39 is 0 Å². The van der Waals surface area contributed by atoms with Gasteiger partial charge in [0.15, 0.2) is 5.16 Å². The molecule has 0 radical (unpaired) electrons. The number of imidazole rings is 1. The number of hydrogen-bond donors (Lipinski definition) is 0. The van der Waals surface area contributed by atoms with E-state index in [1.807, 2.05) is 48.8 Å². The zero-order valence-corrected chi connectivity index (χ0v) is 16.0. The Kier molecular flexibility index (Phi) is 4.81. The fourth-order valence-electron chi connectivity index (χ4n) is 2.64. The van der Waals surface area contributed by atoms with Crippen LogP contribution in [0.3, 0.4) is 0 Å². The molecule has 3 aromatic heterocycles. The van der Waals surface area contributed by atoms with E-state index in [-0.39, 0.29) is 0 Å². The molecule has 0 fully saturated rings. The Hall–Kier alpha value is -2.51. The van der Waals surface area contributed by atoms with Gasteiger partial charge in [0.25, 0.3) is 0 Å². The molecular weight excluding hydrogens is 366 g/mol. The summed E-state index contributed by atoms with van der Waals surface area (Å²) in [6.07, 6.45) is 3.91. The van der Waals surface area contributed by atoms with Gasteiger partial charge in [0.2, 0.25) is 0 Å². The van der Waals surface area contributed by atoms with Crippen LogP contribution in [0.15, 0.2) is 59.3 Å². The summed E-state index contributed by atoms with van der Waals surface area (Å²) in [5, 5.41) is 3.99. The van der Waals surface area contributed by atoms with Crippen molar-refractivity contribution in [2.24, 2.45) is 0 Å². The predicted molar refractivity (Wildman–Crippen MR) is 105 cm³/mol. The molecular formula is C19H17N3O2S2. The van der Waals surface area contributed by atoms with Crippen LogP contribution in [-0.4, -0.2) is 28.6 Å². The molecule has 26 heavy (non-hydrogen) atoms. The molecule has 5 nitrogen and oxygen atoms in total. The second-order valence-corrected chi connectivity index (χ2v) is 7.34. The topological polar surface area (TPSA) is 48.7 Å². The van der Waals surface area contributed by atoms with E-state index in [1.54, 1.807) is 37.3 Å². The highest BCUT2D eigenvalue weighted by molar-refractivity contribution is 7.98. The van der Waals surface area contributed by atoms with Crippen molar-refractivity contribution >= 4 is 28.6 Å². The summed E-state index contributed by atoms with van der Waals surface area (Å²) < 4.78 is 12.8. The van der Waals surface area contributed by atoms with Crippen molar-refractivity contribution in [3.8, 4) is 22.1 Å². The molecule has 4 rings (SSSR count). The highest BCUT2D eigenvalue weighted by Crippen LogP contribution is 2.35. The lowest BCUT2D eigenvalue weighted by molar-refractivity contribution is 0.395. The molecule has 0 bridgehead atoms. The minimum atomic E-state index is 0.761. The SMILES string of the molecule is COc1ccc(-c2nc(CSc3ncc4ccccn34)cs2)c(OC)c1. The van der Waals surface area contributed by atoms with Crippen LogP contribution in [0.2, 0.25) is 0 Å². The first-order valence-corrected chi connectivity index (χ1v) is 9.86. The first kappa shape index (κ1) is 16.9. The largest absolute Gasteiger partial charge is 0.497 e. The number of rotatable bonds is 6. The van der Waals surface area contributed by atoms with Gasteiger partial charge in [-0.1, -0.05) is 17.8 Å². The van der Waals surface area contributed by atoms with E-state index >= 15 is 0 Å². The Morgan fingerprint density at radius 3 is 2.92 bits per heavy atom. The van der Waals surface area contributed by atoms with Gasteiger partial charge >= 0.3 is 0 Å². The van der Waals surface area contributed by atoms with Crippen molar-refractivity contribution in [2.75, 3.05) is 14.2 Å². The molecule has 0 aliphatic heterocycles. The van der Waals surface area contributed by atoms with Crippen molar-refractivity contribution < 1.29 is 9.47 Å². The fraction of sp³-hybridized carbons (Fsp3) is 0.158. The lowest BCUT2D eigenvalue weighted by Crippen LogP contribution is -1.91. The van der Waals surface area contributed by atoms with Crippen molar-refractivity contribution in [1.82, 2.24) is 14.4 Å². The van der Waals surface area contributed by atoms with Crippen LogP contribution in [0.5, 0.6) is 11.5 Å². The van der Waals surface area contributed by atoms with Gasteiger partial charge in [-0.05, 0) is 24.3 Å². The number of ether oxygens (including phenoxy) is 2. The third-order valence-corrected chi connectivity index (χ3v) is 5.87. The summed E-state index contributed by atoms with van der Waals surface area (Å²) in [5.41, 5.74) is 3.10. The van der Waals surface area contributed by atoms with Crippen LogP contribution in [0.25, 0.3) is 16.1 Å². The Morgan fingerprint density at radius 2 is 2.08 bits per heavy atom. The number of nitrogens with zero attached hydrogens (tertiary/aromatic N) is 3.